The second kappa shape index (κ2) is 4.35. The Morgan fingerprint density at radius 2 is 1.25 bits per heavy atom. The predicted octanol–water partition coefficient (Wildman–Crippen LogP) is 1.37. The van der Waals surface area contributed by atoms with E-state index in [0.29, 0.717) is 20.8 Å². The molecule has 0 aliphatic carbocycles. The second-order valence-corrected chi connectivity index (χ2v) is 3.04. The quantitative estimate of drug-likeness (QED) is 0.431. The zero-order valence-corrected chi connectivity index (χ0v) is 8.22. The van der Waals surface area contributed by atoms with E-state index < -0.39 is 0 Å². The Morgan fingerprint density at radius 3 is 1.62 bits per heavy atom. The van der Waals surface area contributed by atoms with Crippen molar-refractivity contribution < 1.29 is 9.46 Å². The highest BCUT2D eigenvalue weighted by molar-refractivity contribution is 5.34. The number of rotatable bonds is 2. The molecule has 0 bridgehead atoms. The molecule has 80 valence electrons. The Kier molecular flexibility index (Phi) is 2.73. The number of aromatic nitrogens is 2. The molecule has 2 aromatic heterocycles. The summed E-state index contributed by atoms with van der Waals surface area (Å²) in [6.07, 6.45) is 5.29. The lowest BCUT2D eigenvalue weighted by atomic mass is 10.4. The van der Waals surface area contributed by atoms with E-state index >= 15 is 0 Å². The SMILES string of the molecule is [O-][n+]1cccc(N=Nc2ccc[n+]([O-])c2)c1. The highest BCUT2D eigenvalue weighted by atomic mass is 16.5. The first kappa shape index (κ1) is 10.0. The number of hydrogen-bond acceptors (Lipinski definition) is 4. The van der Waals surface area contributed by atoms with Crippen LogP contribution in [0.3, 0.4) is 0 Å². The van der Waals surface area contributed by atoms with E-state index in [1.807, 2.05) is 0 Å². The lowest BCUT2D eigenvalue weighted by molar-refractivity contribution is -0.605. The molecular weight excluding hydrogens is 208 g/mol. The highest BCUT2D eigenvalue weighted by Gasteiger charge is 1.96. The average molecular weight is 216 g/mol. The van der Waals surface area contributed by atoms with Gasteiger partial charge in [-0.25, -0.2) is 0 Å². The van der Waals surface area contributed by atoms with E-state index in [4.69, 9.17) is 0 Å². The minimum atomic E-state index is 0.429. The van der Waals surface area contributed by atoms with Gasteiger partial charge in [0, 0.05) is 12.1 Å². The Hall–Kier alpha value is -2.50. The summed E-state index contributed by atoms with van der Waals surface area (Å²) in [5.41, 5.74) is 0.859. The number of hydrogen-bond donors (Lipinski definition) is 0. The van der Waals surface area contributed by atoms with E-state index in [0.717, 1.165) is 0 Å². The van der Waals surface area contributed by atoms with E-state index in [1.54, 1.807) is 24.3 Å². The van der Waals surface area contributed by atoms with Crippen LogP contribution in [0, 0.1) is 10.4 Å². The van der Waals surface area contributed by atoms with Crippen LogP contribution in [0.4, 0.5) is 11.4 Å². The fraction of sp³-hybridized carbons (Fsp3) is 0. The molecule has 2 rings (SSSR count). The molecular formula is C10H8N4O2. The zero-order valence-electron chi connectivity index (χ0n) is 8.22. The van der Waals surface area contributed by atoms with Crippen LogP contribution in [0.2, 0.25) is 0 Å². The molecule has 6 nitrogen and oxygen atoms in total. The lowest BCUT2D eigenvalue weighted by Gasteiger charge is -1.95. The van der Waals surface area contributed by atoms with Crippen LogP contribution in [-0.4, -0.2) is 0 Å². The first-order valence-electron chi connectivity index (χ1n) is 4.53. The number of pyridine rings is 2. The van der Waals surface area contributed by atoms with Crippen molar-refractivity contribution in [1.82, 2.24) is 0 Å². The van der Waals surface area contributed by atoms with Crippen molar-refractivity contribution in [2.75, 3.05) is 0 Å². The maximum atomic E-state index is 10.9. The molecule has 0 aromatic carbocycles. The summed E-state index contributed by atoms with van der Waals surface area (Å²) in [5, 5.41) is 29.5. The normalized spacial score (nSPS) is 10.8. The molecule has 0 amide bonds. The minimum absolute atomic E-state index is 0.429. The maximum Gasteiger partial charge on any atom is 0.207 e. The van der Waals surface area contributed by atoms with Crippen LogP contribution in [0.25, 0.3) is 0 Å². The van der Waals surface area contributed by atoms with Crippen LogP contribution < -0.4 is 9.46 Å². The molecule has 16 heavy (non-hydrogen) atoms. The summed E-state index contributed by atoms with van der Waals surface area (Å²) >= 11 is 0. The molecule has 0 N–H and O–H groups in total. The monoisotopic (exact) mass is 216 g/mol. The molecule has 0 aliphatic rings. The van der Waals surface area contributed by atoms with Crippen LogP contribution >= 0.6 is 0 Å². The maximum absolute atomic E-state index is 10.9. The van der Waals surface area contributed by atoms with Gasteiger partial charge in [0.1, 0.15) is 0 Å². The molecule has 2 aromatic rings. The average Bonchev–Trinajstić information content (AvgIpc) is 2.27. The summed E-state index contributed by atoms with van der Waals surface area (Å²) < 4.78 is 1.26. The first-order valence-corrected chi connectivity index (χ1v) is 4.53. The third-order valence-electron chi connectivity index (χ3n) is 1.80. The van der Waals surface area contributed by atoms with Crippen molar-refractivity contribution in [2.24, 2.45) is 10.2 Å². The van der Waals surface area contributed by atoms with Gasteiger partial charge in [0.05, 0.1) is 0 Å². The Morgan fingerprint density at radius 1 is 0.812 bits per heavy atom. The van der Waals surface area contributed by atoms with Crippen LogP contribution in [-0.2, 0) is 0 Å². The van der Waals surface area contributed by atoms with Crippen LogP contribution in [0.1, 0.15) is 0 Å². The van der Waals surface area contributed by atoms with Gasteiger partial charge in [-0.15, -0.1) is 10.2 Å². The van der Waals surface area contributed by atoms with Crippen molar-refractivity contribution in [3.63, 3.8) is 0 Å². The van der Waals surface area contributed by atoms with Gasteiger partial charge in [0.15, 0.2) is 23.8 Å². The number of nitrogens with zero attached hydrogens (tertiary/aromatic N) is 4. The summed E-state index contributed by atoms with van der Waals surface area (Å²) in [5.74, 6) is 0. The Labute approximate surface area is 91.3 Å². The van der Waals surface area contributed by atoms with E-state index in [2.05, 4.69) is 10.2 Å². The fourth-order valence-corrected chi connectivity index (χ4v) is 1.12. The van der Waals surface area contributed by atoms with E-state index in [9.17, 15) is 10.4 Å². The second-order valence-electron chi connectivity index (χ2n) is 3.04. The molecule has 0 spiro atoms. The third-order valence-corrected chi connectivity index (χ3v) is 1.80. The Balaban J connectivity index is 2.21. The van der Waals surface area contributed by atoms with Crippen molar-refractivity contribution in [1.29, 1.82) is 0 Å². The molecule has 2 heterocycles. The molecule has 0 fully saturated rings. The van der Waals surface area contributed by atoms with E-state index in [1.165, 1.54) is 24.8 Å². The molecule has 0 radical (unpaired) electrons. The highest BCUT2D eigenvalue weighted by Crippen LogP contribution is 2.14. The summed E-state index contributed by atoms with van der Waals surface area (Å²) in [4.78, 5) is 0. The molecule has 6 heteroatoms. The van der Waals surface area contributed by atoms with Gasteiger partial charge in [-0.1, -0.05) is 0 Å². The van der Waals surface area contributed by atoms with Crippen LogP contribution in [0.15, 0.2) is 59.3 Å². The smallest absolute Gasteiger partial charge is 0.207 e. The van der Waals surface area contributed by atoms with Gasteiger partial charge in [-0.05, 0) is 12.1 Å². The Bertz CT molecular complexity index is 480. The molecule has 0 unspecified atom stereocenters. The third kappa shape index (κ3) is 2.50. The zero-order chi connectivity index (χ0) is 11.4. The fourth-order valence-electron chi connectivity index (χ4n) is 1.12. The number of azo groups is 1. The van der Waals surface area contributed by atoms with E-state index in [-0.39, 0.29) is 0 Å². The van der Waals surface area contributed by atoms with Crippen molar-refractivity contribution >= 4 is 11.4 Å². The van der Waals surface area contributed by atoms with Gasteiger partial charge in [0.25, 0.3) is 0 Å². The molecule has 0 saturated heterocycles. The van der Waals surface area contributed by atoms with Crippen LogP contribution in [0.5, 0.6) is 0 Å². The molecule has 0 aliphatic heterocycles. The van der Waals surface area contributed by atoms with Crippen molar-refractivity contribution in [2.45, 2.75) is 0 Å². The van der Waals surface area contributed by atoms with Gasteiger partial charge in [-0.3, -0.25) is 0 Å². The minimum Gasteiger partial charge on any atom is -0.619 e. The largest absolute Gasteiger partial charge is 0.619 e. The van der Waals surface area contributed by atoms with Gasteiger partial charge in [-0.2, -0.15) is 9.46 Å². The van der Waals surface area contributed by atoms with Crippen molar-refractivity contribution in [3.8, 4) is 0 Å². The first-order chi connectivity index (χ1) is 7.74. The summed E-state index contributed by atoms with van der Waals surface area (Å²) in [6, 6.07) is 6.43. The van der Waals surface area contributed by atoms with Gasteiger partial charge >= 0.3 is 0 Å². The molecule has 0 atom stereocenters. The molecule has 0 saturated carbocycles. The predicted molar refractivity (Wildman–Crippen MR) is 55.0 cm³/mol. The summed E-state index contributed by atoms with van der Waals surface area (Å²) in [6.45, 7) is 0. The topological polar surface area (TPSA) is 78.6 Å². The van der Waals surface area contributed by atoms with Crippen molar-refractivity contribution in [3.05, 3.63) is 59.5 Å². The lowest BCUT2D eigenvalue weighted by Crippen LogP contribution is -2.23. The standard InChI is InChI=1S/C10H8N4O2/c15-13-5-1-3-9(7-13)11-12-10-4-2-6-14(16)8-10/h1-8H. The summed E-state index contributed by atoms with van der Waals surface area (Å²) in [7, 11) is 0. The van der Waals surface area contributed by atoms with Gasteiger partial charge in [0.2, 0.25) is 12.4 Å². The van der Waals surface area contributed by atoms with Gasteiger partial charge < -0.3 is 10.4 Å².